The molecule has 2 aromatic carbocycles. The van der Waals surface area contributed by atoms with Crippen LogP contribution in [-0.4, -0.2) is 4.21 Å². The predicted octanol–water partition coefficient (Wildman–Crippen LogP) is 3.65. The molecule has 0 aliphatic carbocycles. The molecule has 0 bridgehead atoms. The molecule has 4 heteroatoms. The van der Waals surface area contributed by atoms with E-state index >= 15 is 0 Å². The van der Waals surface area contributed by atoms with E-state index in [0.717, 1.165) is 26.2 Å². The summed E-state index contributed by atoms with van der Waals surface area (Å²) in [6.45, 7) is 1.96. The largest absolute Gasteiger partial charge is 0.399 e. The lowest BCUT2D eigenvalue weighted by atomic mass is 10.1. The molecule has 0 aliphatic heterocycles. The Balaban J connectivity index is 2.27. The molecule has 2 N–H and O–H groups in total. The molecule has 0 amide bonds. The van der Waals surface area contributed by atoms with E-state index < -0.39 is 10.8 Å². The fraction of sp³-hybridized carbons (Fsp3) is 0.143. The van der Waals surface area contributed by atoms with Crippen LogP contribution in [-0.2, 0) is 16.6 Å². The average Bonchev–Trinajstić information content (AvgIpc) is 2.35. The van der Waals surface area contributed by atoms with Crippen LogP contribution >= 0.6 is 15.9 Å². The standard InChI is InChI=1S/C14H14BrNOS/c1-10-11(5-4-7-13(10)16)9-18(17)14-8-3-2-6-12(14)15/h2-8H,9,16H2,1H3. The third-order valence-electron chi connectivity index (χ3n) is 2.86. The topological polar surface area (TPSA) is 43.1 Å². The van der Waals surface area contributed by atoms with Crippen molar-refractivity contribution >= 4 is 32.4 Å². The molecule has 0 heterocycles. The van der Waals surface area contributed by atoms with E-state index in [1.54, 1.807) is 0 Å². The number of anilines is 1. The number of hydrogen-bond donors (Lipinski definition) is 1. The molecular weight excluding hydrogens is 310 g/mol. The fourth-order valence-electron chi connectivity index (χ4n) is 1.71. The van der Waals surface area contributed by atoms with Crippen molar-refractivity contribution in [2.75, 3.05) is 5.73 Å². The summed E-state index contributed by atoms with van der Waals surface area (Å²) in [6, 6.07) is 13.3. The van der Waals surface area contributed by atoms with Crippen molar-refractivity contribution in [2.45, 2.75) is 17.6 Å². The fourth-order valence-corrected chi connectivity index (χ4v) is 3.80. The van der Waals surface area contributed by atoms with Crippen molar-refractivity contribution in [2.24, 2.45) is 0 Å². The first-order valence-corrected chi connectivity index (χ1v) is 7.67. The Morgan fingerprint density at radius 1 is 1.17 bits per heavy atom. The second-order valence-electron chi connectivity index (χ2n) is 4.05. The zero-order valence-electron chi connectivity index (χ0n) is 10.0. The highest BCUT2D eigenvalue weighted by molar-refractivity contribution is 9.10. The van der Waals surface area contributed by atoms with Gasteiger partial charge in [-0.2, -0.15) is 0 Å². The minimum atomic E-state index is -1.07. The predicted molar refractivity (Wildman–Crippen MR) is 79.8 cm³/mol. The highest BCUT2D eigenvalue weighted by Crippen LogP contribution is 2.24. The molecule has 0 spiro atoms. The van der Waals surface area contributed by atoms with E-state index in [1.165, 1.54) is 0 Å². The highest BCUT2D eigenvalue weighted by Gasteiger charge is 2.10. The quantitative estimate of drug-likeness (QED) is 0.876. The molecule has 94 valence electrons. The molecule has 2 nitrogen and oxygen atoms in total. The van der Waals surface area contributed by atoms with Crippen LogP contribution in [0.2, 0.25) is 0 Å². The van der Waals surface area contributed by atoms with Crippen LogP contribution in [0.5, 0.6) is 0 Å². The summed E-state index contributed by atoms with van der Waals surface area (Å²) in [5.74, 6) is 0.486. The van der Waals surface area contributed by atoms with Crippen molar-refractivity contribution in [1.29, 1.82) is 0 Å². The van der Waals surface area contributed by atoms with E-state index in [4.69, 9.17) is 5.73 Å². The van der Waals surface area contributed by atoms with Crippen molar-refractivity contribution < 1.29 is 4.21 Å². The number of hydrogen-bond acceptors (Lipinski definition) is 2. The summed E-state index contributed by atoms with van der Waals surface area (Å²) >= 11 is 3.43. The Morgan fingerprint density at radius 3 is 2.61 bits per heavy atom. The molecule has 18 heavy (non-hydrogen) atoms. The normalized spacial score (nSPS) is 12.3. The van der Waals surface area contributed by atoms with Gasteiger partial charge in [0.1, 0.15) is 0 Å². The van der Waals surface area contributed by atoms with E-state index in [-0.39, 0.29) is 0 Å². The Kier molecular flexibility index (Phi) is 4.19. The number of nitrogen functional groups attached to an aromatic ring is 1. The van der Waals surface area contributed by atoms with Gasteiger partial charge in [0.2, 0.25) is 0 Å². The third kappa shape index (κ3) is 2.82. The molecule has 0 radical (unpaired) electrons. The third-order valence-corrected chi connectivity index (χ3v) is 5.23. The van der Waals surface area contributed by atoms with Crippen LogP contribution in [0.15, 0.2) is 51.8 Å². The van der Waals surface area contributed by atoms with Gasteiger partial charge in [-0.3, -0.25) is 4.21 Å². The lowest BCUT2D eigenvalue weighted by Gasteiger charge is -2.09. The summed E-state index contributed by atoms with van der Waals surface area (Å²) in [5.41, 5.74) is 8.65. The van der Waals surface area contributed by atoms with Crippen molar-refractivity contribution in [3.05, 3.63) is 58.1 Å². The van der Waals surface area contributed by atoms with Gasteiger partial charge >= 0.3 is 0 Å². The monoisotopic (exact) mass is 323 g/mol. The second-order valence-corrected chi connectivity index (χ2v) is 6.33. The maximum absolute atomic E-state index is 12.3. The van der Waals surface area contributed by atoms with Crippen LogP contribution < -0.4 is 5.73 Å². The van der Waals surface area contributed by atoms with Crippen LogP contribution in [0.1, 0.15) is 11.1 Å². The highest BCUT2D eigenvalue weighted by atomic mass is 79.9. The minimum Gasteiger partial charge on any atom is -0.399 e. The van der Waals surface area contributed by atoms with Gasteiger partial charge in [-0.15, -0.1) is 0 Å². The Labute approximate surface area is 118 Å². The SMILES string of the molecule is Cc1c(N)cccc1CS(=O)c1ccccc1Br. The number of benzene rings is 2. The van der Waals surface area contributed by atoms with Crippen molar-refractivity contribution in [1.82, 2.24) is 0 Å². The molecular formula is C14H14BrNOS. The van der Waals surface area contributed by atoms with Gasteiger partial charge in [-0.25, -0.2) is 0 Å². The van der Waals surface area contributed by atoms with Crippen LogP contribution in [0, 0.1) is 6.92 Å². The van der Waals surface area contributed by atoms with Crippen molar-refractivity contribution in [3.8, 4) is 0 Å². The maximum Gasteiger partial charge on any atom is 0.0585 e. The van der Waals surface area contributed by atoms with Gasteiger partial charge in [0.25, 0.3) is 0 Å². The van der Waals surface area contributed by atoms with Gasteiger partial charge in [-0.1, -0.05) is 24.3 Å². The zero-order valence-corrected chi connectivity index (χ0v) is 12.4. The summed E-state index contributed by atoms with van der Waals surface area (Å²) in [4.78, 5) is 0.819. The Bertz CT molecular complexity index is 598. The van der Waals surface area contributed by atoms with E-state index in [1.807, 2.05) is 49.4 Å². The van der Waals surface area contributed by atoms with Crippen LogP contribution in [0.4, 0.5) is 5.69 Å². The molecule has 2 aromatic rings. The molecule has 0 fully saturated rings. The zero-order chi connectivity index (χ0) is 13.1. The smallest absolute Gasteiger partial charge is 0.0585 e. The summed E-state index contributed by atoms with van der Waals surface area (Å²) in [7, 11) is -1.07. The van der Waals surface area contributed by atoms with Gasteiger partial charge in [-0.05, 0) is 52.2 Å². The Hall–Kier alpha value is -1.13. The van der Waals surface area contributed by atoms with E-state index in [0.29, 0.717) is 5.75 Å². The van der Waals surface area contributed by atoms with Gasteiger partial charge in [0.15, 0.2) is 0 Å². The Morgan fingerprint density at radius 2 is 1.89 bits per heavy atom. The summed E-state index contributed by atoms with van der Waals surface area (Å²) in [6.07, 6.45) is 0. The molecule has 1 unspecified atom stereocenters. The first-order valence-electron chi connectivity index (χ1n) is 5.56. The van der Waals surface area contributed by atoms with Gasteiger partial charge in [0.05, 0.1) is 21.4 Å². The van der Waals surface area contributed by atoms with Crippen molar-refractivity contribution in [3.63, 3.8) is 0 Å². The minimum absolute atomic E-state index is 0.486. The van der Waals surface area contributed by atoms with Gasteiger partial charge in [0, 0.05) is 10.2 Å². The number of nitrogens with two attached hydrogens (primary N) is 1. The summed E-state index contributed by atoms with van der Waals surface area (Å²) < 4.78 is 13.2. The first kappa shape index (κ1) is 13.3. The van der Waals surface area contributed by atoms with E-state index in [9.17, 15) is 4.21 Å². The number of rotatable bonds is 3. The van der Waals surface area contributed by atoms with Crippen LogP contribution in [0.3, 0.4) is 0 Å². The number of halogens is 1. The molecule has 0 aliphatic rings. The summed E-state index contributed by atoms with van der Waals surface area (Å²) in [5, 5.41) is 0. The lowest BCUT2D eigenvalue weighted by molar-refractivity contribution is 0.682. The molecule has 0 saturated carbocycles. The first-order chi connectivity index (χ1) is 8.59. The molecule has 0 saturated heterocycles. The average molecular weight is 324 g/mol. The van der Waals surface area contributed by atoms with E-state index in [2.05, 4.69) is 15.9 Å². The van der Waals surface area contributed by atoms with Crippen LogP contribution in [0.25, 0.3) is 0 Å². The lowest BCUT2D eigenvalue weighted by Crippen LogP contribution is -2.01. The van der Waals surface area contributed by atoms with Gasteiger partial charge < -0.3 is 5.73 Å². The molecule has 0 aromatic heterocycles. The molecule has 2 rings (SSSR count). The second kappa shape index (κ2) is 5.67. The molecule has 1 atom stereocenters. The maximum atomic E-state index is 12.3.